The second-order valence-electron chi connectivity index (χ2n) is 5.53. The van der Waals surface area contributed by atoms with Crippen LogP contribution in [0.3, 0.4) is 0 Å². The van der Waals surface area contributed by atoms with Crippen LogP contribution >= 0.6 is 12.4 Å². The maximum atomic E-state index is 12.3. The number of halogens is 1. The van der Waals surface area contributed by atoms with Gasteiger partial charge in [-0.3, -0.25) is 4.79 Å². The maximum absolute atomic E-state index is 12.3. The third kappa shape index (κ3) is 4.24. The van der Waals surface area contributed by atoms with Crippen LogP contribution < -0.4 is 10.1 Å². The minimum absolute atomic E-state index is 0. The second-order valence-corrected chi connectivity index (χ2v) is 5.53. The summed E-state index contributed by atoms with van der Waals surface area (Å²) >= 11 is 0. The molecule has 1 saturated heterocycles. The first-order valence-electron chi connectivity index (χ1n) is 7.49. The number of hydrogen-bond acceptors (Lipinski definition) is 3. The number of nitrogens with one attached hydrogen (secondary N) is 1. The van der Waals surface area contributed by atoms with Crippen molar-refractivity contribution in [2.24, 2.45) is 0 Å². The van der Waals surface area contributed by atoms with E-state index in [0.29, 0.717) is 18.2 Å². The summed E-state index contributed by atoms with van der Waals surface area (Å²) in [5.41, 5.74) is 1.82. The van der Waals surface area contributed by atoms with Crippen LogP contribution in [0.1, 0.15) is 15.9 Å². The molecule has 0 unspecified atom stereocenters. The number of ether oxygens (including phenoxy) is 1. The maximum Gasteiger partial charge on any atom is 0.253 e. The lowest BCUT2D eigenvalue weighted by Crippen LogP contribution is -2.57. The summed E-state index contributed by atoms with van der Waals surface area (Å²) in [6.07, 6.45) is 0. The van der Waals surface area contributed by atoms with Crippen molar-refractivity contribution in [2.45, 2.75) is 12.6 Å². The predicted octanol–water partition coefficient (Wildman–Crippen LogP) is 2.73. The van der Waals surface area contributed by atoms with Crippen molar-refractivity contribution in [1.82, 2.24) is 10.2 Å². The van der Waals surface area contributed by atoms with Crippen molar-refractivity contribution in [2.75, 3.05) is 20.1 Å². The van der Waals surface area contributed by atoms with Crippen molar-refractivity contribution in [1.29, 1.82) is 0 Å². The van der Waals surface area contributed by atoms with Gasteiger partial charge in [0.25, 0.3) is 5.91 Å². The first-order valence-corrected chi connectivity index (χ1v) is 7.49. The zero-order chi connectivity index (χ0) is 15.4. The van der Waals surface area contributed by atoms with Crippen LogP contribution in [0.25, 0.3) is 0 Å². The minimum atomic E-state index is 0. The largest absolute Gasteiger partial charge is 0.489 e. The molecule has 0 aromatic heterocycles. The molecule has 4 nitrogen and oxygen atoms in total. The van der Waals surface area contributed by atoms with Crippen LogP contribution in [-0.4, -0.2) is 37.0 Å². The molecule has 3 rings (SSSR count). The normalized spacial score (nSPS) is 13.6. The highest BCUT2D eigenvalue weighted by Gasteiger charge is 2.25. The van der Waals surface area contributed by atoms with Crippen molar-refractivity contribution in [3.8, 4) is 5.75 Å². The van der Waals surface area contributed by atoms with Gasteiger partial charge in [-0.15, -0.1) is 12.4 Å². The first kappa shape index (κ1) is 17.3. The van der Waals surface area contributed by atoms with E-state index in [4.69, 9.17) is 4.74 Å². The highest BCUT2D eigenvalue weighted by atomic mass is 35.5. The van der Waals surface area contributed by atoms with Gasteiger partial charge in [-0.25, -0.2) is 0 Å². The van der Waals surface area contributed by atoms with E-state index in [-0.39, 0.29) is 18.3 Å². The summed E-state index contributed by atoms with van der Waals surface area (Å²) in [5, 5.41) is 3.18. The van der Waals surface area contributed by atoms with Crippen LogP contribution in [0, 0.1) is 0 Å². The van der Waals surface area contributed by atoms with E-state index in [2.05, 4.69) is 5.32 Å². The standard InChI is InChI=1S/C18H20N2O2.ClH/c1-20(16-11-19-12-16)18(21)15-7-9-17(10-8-15)22-13-14-5-3-2-4-6-14;/h2-10,16,19H,11-13H2,1H3;1H. The fourth-order valence-electron chi connectivity index (χ4n) is 2.35. The van der Waals surface area contributed by atoms with Gasteiger partial charge in [0.1, 0.15) is 12.4 Å². The van der Waals surface area contributed by atoms with Crippen molar-refractivity contribution < 1.29 is 9.53 Å². The van der Waals surface area contributed by atoms with Crippen LogP contribution in [0.4, 0.5) is 0 Å². The van der Waals surface area contributed by atoms with Crippen molar-refractivity contribution in [3.63, 3.8) is 0 Å². The zero-order valence-corrected chi connectivity index (χ0v) is 13.9. The average molecular weight is 333 g/mol. The zero-order valence-electron chi connectivity index (χ0n) is 13.1. The Morgan fingerprint density at radius 2 is 1.78 bits per heavy atom. The molecule has 1 amide bonds. The Labute approximate surface area is 142 Å². The topological polar surface area (TPSA) is 41.6 Å². The van der Waals surface area contributed by atoms with Gasteiger partial charge in [0.05, 0.1) is 6.04 Å². The number of benzene rings is 2. The lowest BCUT2D eigenvalue weighted by Gasteiger charge is -2.35. The smallest absolute Gasteiger partial charge is 0.253 e. The van der Waals surface area contributed by atoms with Crippen LogP contribution in [0.2, 0.25) is 0 Å². The van der Waals surface area contributed by atoms with Crippen LogP contribution in [0.5, 0.6) is 5.75 Å². The molecular weight excluding hydrogens is 312 g/mol. The predicted molar refractivity (Wildman–Crippen MR) is 93.2 cm³/mol. The molecule has 2 aromatic carbocycles. The molecule has 5 heteroatoms. The van der Waals surface area contributed by atoms with Gasteiger partial charge in [-0.1, -0.05) is 30.3 Å². The van der Waals surface area contributed by atoms with Gasteiger partial charge < -0.3 is 15.0 Å². The fourth-order valence-corrected chi connectivity index (χ4v) is 2.35. The number of rotatable bonds is 5. The van der Waals surface area contributed by atoms with Gasteiger partial charge in [0.15, 0.2) is 0 Å². The van der Waals surface area contributed by atoms with E-state index in [9.17, 15) is 4.79 Å². The highest BCUT2D eigenvalue weighted by molar-refractivity contribution is 5.94. The molecule has 1 N–H and O–H groups in total. The molecule has 23 heavy (non-hydrogen) atoms. The second kappa shape index (κ2) is 7.99. The first-order chi connectivity index (χ1) is 10.7. The number of amides is 1. The minimum Gasteiger partial charge on any atom is -0.489 e. The van der Waals surface area contributed by atoms with E-state index in [1.165, 1.54) is 0 Å². The quantitative estimate of drug-likeness (QED) is 0.915. The van der Waals surface area contributed by atoms with Gasteiger partial charge in [0, 0.05) is 25.7 Å². The van der Waals surface area contributed by atoms with E-state index < -0.39 is 0 Å². The van der Waals surface area contributed by atoms with Crippen molar-refractivity contribution in [3.05, 3.63) is 65.7 Å². The Hall–Kier alpha value is -2.04. The van der Waals surface area contributed by atoms with Gasteiger partial charge >= 0.3 is 0 Å². The van der Waals surface area contributed by atoms with E-state index in [1.807, 2.05) is 61.6 Å². The molecule has 1 fully saturated rings. The summed E-state index contributed by atoms with van der Waals surface area (Å²) < 4.78 is 5.73. The summed E-state index contributed by atoms with van der Waals surface area (Å²) in [6.45, 7) is 2.28. The Morgan fingerprint density at radius 1 is 1.13 bits per heavy atom. The number of nitrogens with zero attached hydrogens (tertiary/aromatic N) is 1. The summed E-state index contributed by atoms with van der Waals surface area (Å²) in [5.74, 6) is 0.828. The lowest BCUT2D eigenvalue weighted by molar-refractivity contribution is 0.0681. The molecule has 1 aliphatic heterocycles. The molecule has 2 aromatic rings. The third-order valence-electron chi connectivity index (χ3n) is 3.98. The molecule has 0 bridgehead atoms. The molecule has 0 atom stereocenters. The van der Waals surface area contributed by atoms with E-state index in [1.54, 1.807) is 4.90 Å². The summed E-state index contributed by atoms with van der Waals surface area (Å²) in [7, 11) is 1.85. The Bertz CT molecular complexity index is 627. The third-order valence-corrected chi connectivity index (χ3v) is 3.98. The van der Waals surface area contributed by atoms with Gasteiger partial charge in [-0.2, -0.15) is 0 Å². The molecule has 0 aliphatic carbocycles. The van der Waals surface area contributed by atoms with Crippen LogP contribution in [-0.2, 0) is 6.61 Å². The van der Waals surface area contributed by atoms with Crippen molar-refractivity contribution >= 4 is 18.3 Å². The van der Waals surface area contributed by atoms with E-state index >= 15 is 0 Å². The Kier molecular flexibility index (Phi) is 6.02. The number of likely N-dealkylation sites (N-methyl/N-ethyl adjacent to an activating group) is 1. The molecule has 122 valence electrons. The summed E-state index contributed by atoms with van der Waals surface area (Å²) in [6, 6.07) is 17.7. The van der Waals surface area contributed by atoms with Crippen LogP contribution in [0.15, 0.2) is 54.6 Å². The molecule has 0 spiro atoms. The number of carbonyl (C=O) groups excluding carboxylic acids is 1. The molecule has 1 heterocycles. The molecule has 0 radical (unpaired) electrons. The number of hydrogen-bond donors (Lipinski definition) is 1. The molecular formula is C18H21ClN2O2. The fraction of sp³-hybridized carbons (Fsp3) is 0.278. The van der Waals surface area contributed by atoms with Gasteiger partial charge in [0.2, 0.25) is 0 Å². The average Bonchev–Trinajstić information content (AvgIpc) is 2.52. The Balaban J connectivity index is 0.00000192. The SMILES string of the molecule is CN(C(=O)c1ccc(OCc2ccccc2)cc1)C1CNC1.Cl. The highest BCUT2D eigenvalue weighted by Crippen LogP contribution is 2.16. The monoisotopic (exact) mass is 332 g/mol. The number of carbonyl (C=O) groups is 1. The molecule has 0 saturated carbocycles. The van der Waals surface area contributed by atoms with E-state index in [0.717, 1.165) is 24.4 Å². The Morgan fingerprint density at radius 3 is 2.35 bits per heavy atom. The van der Waals surface area contributed by atoms with Gasteiger partial charge in [-0.05, 0) is 29.8 Å². The lowest BCUT2D eigenvalue weighted by atomic mass is 10.1. The molecule has 1 aliphatic rings. The summed E-state index contributed by atoms with van der Waals surface area (Å²) in [4.78, 5) is 14.1.